The van der Waals surface area contributed by atoms with Gasteiger partial charge in [-0.2, -0.15) is 5.26 Å². The maximum atomic E-state index is 14.3. The number of aryl methyl sites for hydroxylation is 2. The van der Waals surface area contributed by atoms with E-state index in [1.165, 1.54) is 47.7 Å². The van der Waals surface area contributed by atoms with Crippen molar-refractivity contribution in [2.24, 2.45) is 4.99 Å². The summed E-state index contributed by atoms with van der Waals surface area (Å²) >= 11 is 2.95. The van der Waals surface area contributed by atoms with Crippen molar-refractivity contribution in [3.63, 3.8) is 0 Å². The zero-order valence-corrected chi connectivity index (χ0v) is 29.1. The van der Waals surface area contributed by atoms with E-state index in [0.717, 1.165) is 53.2 Å². The lowest BCUT2D eigenvalue weighted by molar-refractivity contribution is -0.139. The van der Waals surface area contributed by atoms with Gasteiger partial charge in [0.15, 0.2) is 16.3 Å². The van der Waals surface area contributed by atoms with Crippen LogP contribution < -0.4 is 29.1 Å². The lowest BCUT2D eigenvalue weighted by Gasteiger charge is -2.26. The number of nitrogens with zero attached hydrogens (tertiary/aromatic N) is 4. The van der Waals surface area contributed by atoms with Crippen LogP contribution >= 0.6 is 22.7 Å². The third-order valence-electron chi connectivity index (χ3n) is 8.74. The number of ether oxygens (including phenoxy) is 4. The zero-order chi connectivity index (χ0) is 33.6. The van der Waals surface area contributed by atoms with E-state index in [1.54, 1.807) is 37.3 Å². The summed E-state index contributed by atoms with van der Waals surface area (Å²) in [4.78, 5) is 34.2. The maximum absolute atomic E-state index is 14.3. The molecule has 244 valence electrons. The summed E-state index contributed by atoms with van der Waals surface area (Å²) < 4.78 is 26.3. The molecule has 0 amide bonds. The molecule has 6 rings (SSSR count). The third kappa shape index (κ3) is 5.37. The number of carbonyl (C=O) groups is 1. The second-order valence-corrected chi connectivity index (χ2v) is 13.5. The van der Waals surface area contributed by atoms with Crippen LogP contribution in [0.2, 0.25) is 0 Å². The van der Waals surface area contributed by atoms with E-state index < -0.39 is 12.0 Å². The average Bonchev–Trinajstić information content (AvgIpc) is 3.68. The maximum Gasteiger partial charge on any atom is 0.338 e. The first-order valence-electron chi connectivity index (χ1n) is 15.4. The zero-order valence-electron chi connectivity index (χ0n) is 27.5. The van der Waals surface area contributed by atoms with Gasteiger partial charge in [0.05, 0.1) is 55.3 Å². The molecule has 1 aliphatic heterocycles. The van der Waals surface area contributed by atoms with Crippen molar-refractivity contribution in [3.8, 4) is 28.3 Å². The molecule has 10 nitrogen and oxygen atoms in total. The number of rotatable bonds is 8. The molecule has 0 unspecified atom stereocenters. The normalized spacial score (nSPS) is 15.9. The van der Waals surface area contributed by atoms with Crippen molar-refractivity contribution in [1.82, 2.24) is 9.13 Å². The highest BCUT2D eigenvalue weighted by atomic mass is 32.1. The number of hydrogen-bond acceptors (Lipinski definition) is 10. The van der Waals surface area contributed by atoms with Crippen molar-refractivity contribution in [3.05, 3.63) is 87.7 Å². The highest BCUT2D eigenvalue weighted by Gasteiger charge is 2.35. The van der Waals surface area contributed by atoms with Crippen LogP contribution in [0.1, 0.15) is 71.2 Å². The van der Waals surface area contributed by atoms with Crippen LogP contribution in [0.5, 0.6) is 17.2 Å². The van der Waals surface area contributed by atoms with Gasteiger partial charge in [0.1, 0.15) is 11.1 Å². The molecule has 1 aromatic carbocycles. The van der Waals surface area contributed by atoms with Crippen LogP contribution in [0.15, 0.2) is 39.3 Å². The molecule has 12 heteroatoms. The standard InChI is InChI=1S/C35H36N4O6S2/c1-8-45-34(41)29-19(3)37-35-39(30(29)22-14-25(42-5)31(44-7)26(15-22)43-6)32(40)28(47-35)16-21-13-18(2)38(20(21)4)33-24(17-36)23-11-9-10-12-27(23)46-33/h13-16,30H,8-12H2,1-7H3/b28-16+/t30-/m0/s1. The third-order valence-corrected chi connectivity index (χ3v) is 11.0. The number of thiazole rings is 1. The Balaban J connectivity index is 1.54. The molecule has 4 aromatic rings. The molecule has 1 atom stereocenters. The molecule has 0 saturated heterocycles. The summed E-state index contributed by atoms with van der Waals surface area (Å²) in [6.07, 6.45) is 6.05. The van der Waals surface area contributed by atoms with Gasteiger partial charge < -0.3 is 23.5 Å². The molecule has 0 N–H and O–H groups in total. The molecular weight excluding hydrogens is 637 g/mol. The Morgan fingerprint density at radius 1 is 1.06 bits per heavy atom. The fourth-order valence-electron chi connectivity index (χ4n) is 6.58. The molecule has 0 radical (unpaired) electrons. The van der Waals surface area contributed by atoms with E-state index in [2.05, 4.69) is 10.6 Å². The van der Waals surface area contributed by atoms with E-state index in [-0.39, 0.29) is 17.7 Å². The molecule has 1 aliphatic carbocycles. The molecule has 0 bridgehead atoms. The first-order valence-corrected chi connectivity index (χ1v) is 17.0. The van der Waals surface area contributed by atoms with Crippen LogP contribution in [-0.4, -0.2) is 43.0 Å². The average molecular weight is 673 g/mol. The lowest BCUT2D eigenvalue weighted by atomic mass is 9.95. The van der Waals surface area contributed by atoms with Crippen molar-refractivity contribution in [2.75, 3.05) is 27.9 Å². The van der Waals surface area contributed by atoms with Crippen LogP contribution in [0.25, 0.3) is 11.1 Å². The van der Waals surface area contributed by atoms with Crippen molar-refractivity contribution in [1.29, 1.82) is 5.26 Å². The Bertz CT molecular complexity index is 2150. The minimum Gasteiger partial charge on any atom is -0.493 e. The fraction of sp³-hybridized carbons (Fsp3) is 0.371. The molecule has 0 saturated carbocycles. The SMILES string of the molecule is CCOC(=O)C1=C(C)N=c2s/c(=C/c3cc(C)n(-c4sc5c(c4C#N)CCCC5)c3C)c(=O)n2[C@H]1c1cc(OC)c(OC)c(OC)c1. The van der Waals surface area contributed by atoms with Gasteiger partial charge in [0.25, 0.3) is 5.56 Å². The van der Waals surface area contributed by atoms with E-state index in [0.29, 0.717) is 37.8 Å². The number of benzene rings is 1. The molecule has 0 fully saturated rings. The lowest BCUT2D eigenvalue weighted by Crippen LogP contribution is -2.40. The summed E-state index contributed by atoms with van der Waals surface area (Å²) in [5.41, 5.74) is 5.71. The Morgan fingerprint density at radius 3 is 2.40 bits per heavy atom. The van der Waals surface area contributed by atoms with Gasteiger partial charge in [-0.3, -0.25) is 9.36 Å². The Labute approximate surface area is 280 Å². The smallest absolute Gasteiger partial charge is 0.338 e. The Hall–Kier alpha value is -4.60. The molecule has 47 heavy (non-hydrogen) atoms. The predicted octanol–water partition coefficient (Wildman–Crippen LogP) is 5.04. The second kappa shape index (κ2) is 12.9. The van der Waals surface area contributed by atoms with E-state index in [4.69, 9.17) is 23.9 Å². The number of hydrogen-bond donors (Lipinski definition) is 0. The number of esters is 1. The van der Waals surface area contributed by atoms with Gasteiger partial charge >= 0.3 is 5.97 Å². The van der Waals surface area contributed by atoms with Crippen molar-refractivity contribution < 1.29 is 23.7 Å². The van der Waals surface area contributed by atoms with Gasteiger partial charge in [-0.1, -0.05) is 11.3 Å². The Morgan fingerprint density at radius 2 is 1.77 bits per heavy atom. The van der Waals surface area contributed by atoms with E-state index in [9.17, 15) is 14.9 Å². The molecule has 3 aromatic heterocycles. The summed E-state index contributed by atoms with van der Waals surface area (Å²) in [5.74, 6) is 0.617. The number of allylic oxidation sites excluding steroid dienone is 1. The van der Waals surface area contributed by atoms with Crippen molar-refractivity contribution in [2.45, 2.75) is 59.4 Å². The quantitative estimate of drug-likeness (QED) is 0.241. The number of thiophene rings is 1. The summed E-state index contributed by atoms with van der Waals surface area (Å²) in [6.45, 7) is 7.68. The predicted molar refractivity (Wildman–Crippen MR) is 181 cm³/mol. The summed E-state index contributed by atoms with van der Waals surface area (Å²) in [6, 6.07) is 7.14. The van der Waals surface area contributed by atoms with Gasteiger partial charge in [0, 0.05) is 16.3 Å². The monoisotopic (exact) mass is 672 g/mol. The highest BCUT2D eigenvalue weighted by Crippen LogP contribution is 2.43. The largest absolute Gasteiger partial charge is 0.493 e. The minimum atomic E-state index is -0.857. The number of aromatic nitrogens is 2. The van der Waals surface area contributed by atoms with Crippen LogP contribution in [-0.2, 0) is 22.4 Å². The van der Waals surface area contributed by atoms with Crippen LogP contribution in [0, 0.1) is 25.2 Å². The summed E-state index contributed by atoms with van der Waals surface area (Å²) in [5, 5.41) is 11.1. The number of nitriles is 1. The summed E-state index contributed by atoms with van der Waals surface area (Å²) in [7, 11) is 4.55. The first-order chi connectivity index (χ1) is 22.7. The minimum absolute atomic E-state index is 0.165. The van der Waals surface area contributed by atoms with Crippen LogP contribution in [0.3, 0.4) is 0 Å². The number of fused-ring (bicyclic) bond motifs is 2. The highest BCUT2D eigenvalue weighted by molar-refractivity contribution is 7.15. The van der Waals surface area contributed by atoms with Gasteiger partial charge in [-0.05, 0) is 94.3 Å². The molecule has 4 heterocycles. The Kier molecular flexibility index (Phi) is 8.87. The van der Waals surface area contributed by atoms with Crippen LogP contribution in [0.4, 0.5) is 0 Å². The molecule has 0 spiro atoms. The number of carbonyl (C=O) groups excluding carboxylic acids is 1. The van der Waals surface area contributed by atoms with Gasteiger partial charge in [-0.15, -0.1) is 11.3 Å². The molecule has 2 aliphatic rings. The van der Waals surface area contributed by atoms with Crippen molar-refractivity contribution >= 4 is 34.7 Å². The topological polar surface area (TPSA) is 117 Å². The fourth-order valence-corrected chi connectivity index (χ4v) is 9.07. The van der Waals surface area contributed by atoms with E-state index >= 15 is 0 Å². The van der Waals surface area contributed by atoms with Gasteiger partial charge in [-0.25, -0.2) is 9.79 Å². The van der Waals surface area contributed by atoms with Gasteiger partial charge in [0.2, 0.25) is 5.75 Å². The van der Waals surface area contributed by atoms with E-state index in [1.807, 2.05) is 26.0 Å². The number of methoxy groups -OCH3 is 3. The molecular formula is C35H36N4O6S2. The first kappa shape index (κ1) is 32.3. The second-order valence-electron chi connectivity index (χ2n) is 11.4.